The second kappa shape index (κ2) is 12.6. The van der Waals surface area contributed by atoms with E-state index in [1.165, 1.54) is 6.92 Å². The van der Waals surface area contributed by atoms with E-state index in [-0.39, 0.29) is 12.8 Å². The highest BCUT2D eigenvalue weighted by Crippen LogP contribution is 2.63. The van der Waals surface area contributed by atoms with Gasteiger partial charge in [-0.2, -0.15) is 0 Å². The van der Waals surface area contributed by atoms with Gasteiger partial charge in [-0.05, 0) is 12.0 Å². The van der Waals surface area contributed by atoms with Gasteiger partial charge in [-0.3, -0.25) is 28.0 Å². The van der Waals surface area contributed by atoms with Gasteiger partial charge in [-0.1, -0.05) is 37.3 Å². The molecule has 0 aliphatic carbocycles. The second-order valence-electron chi connectivity index (χ2n) is 8.54. The fourth-order valence-electron chi connectivity index (χ4n) is 3.96. The van der Waals surface area contributed by atoms with Crippen molar-refractivity contribution in [2.24, 2.45) is 0 Å². The smallest absolute Gasteiger partial charge is 0.330 e. The predicted octanol–water partition coefficient (Wildman–Crippen LogP) is -0.332. The number of rotatable bonds is 13. The first-order valence-corrected chi connectivity index (χ1v) is 16.1. The van der Waals surface area contributed by atoms with Crippen LogP contribution in [0.4, 0.5) is 0 Å². The lowest BCUT2D eigenvalue weighted by molar-refractivity contribution is -0.252. The van der Waals surface area contributed by atoms with Gasteiger partial charge in [0.15, 0.2) is 12.5 Å². The molecule has 1 aromatic carbocycles. The Morgan fingerprint density at radius 2 is 1.55 bits per heavy atom. The third kappa shape index (κ3) is 8.14. The Morgan fingerprint density at radius 3 is 2.20 bits per heavy atom. The summed E-state index contributed by atoms with van der Waals surface area (Å²) in [6.45, 7) is 0.226. The van der Waals surface area contributed by atoms with Gasteiger partial charge in [0.2, 0.25) is 0 Å². The molecule has 2 aliphatic heterocycles. The van der Waals surface area contributed by atoms with E-state index >= 15 is 0 Å². The minimum atomic E-state index is -6.01. The molecule has 5 unspecified atom stereocenters. The molecule has 0 spiro atoms. The van der Waals surface area contributed by atoms with Gasteiger partial charge in [-0.25, -0.2) is 13.4 Å². The number of hydrogen-bond acceptors (Lipinski definition) is 15. The summed E-state index contributed by atoms with van der Waals surface area (Å²) in [6.07, 6.45) is -3.68. The number of phosphoric ester groups is 2. The monoisotopic (exact) mass is 625 g/mol. The first-order chi connectivity index (χ1) is 18.8. The summed E-state index contributed by atoms with van der Waals surface area (Å²) in [4.78, 5) is 61.6. The van der Waals surface area contributed by atoms with Crippen LogP contribution in [0.25, 0.3) is 0 Å². The van der Waals surface area contributed by atoms with E-state index in [1.54, 1.807) is 12.1 Å². The Kier molecular flexibility index (Phi) is 9.80. The molecule has 2 aliphatic rings. The Hall–Kier alpha value is -1.81. The van der Waals surface area contributed by atoms with Crippen LogP contribution in [-0.2, 0) is 52.0 Å². The summed E-state index contributed by atoms with van der Waals surface area (Å²) in [5.74, 6) is 0. The number of aromatic nitrogens is 2. The predicted molar refractivity (Wildman–Crippen MR) is 126 cm³/mol. The van der Waals surface area contributed by atoms with Gasteiger partial charge >= 0.3 is 5.69 Å². The van der Waals surface area contributed by atoms with Gasteiger partial charge in [0.05, 0.1) is 13.2 Å². The quantitative estimate of drug-likeness (QED) is 0.280. The van der Waals surface area contributed by atoms with Crippen molar-refractivity contribution in [2.45, 2.75) is 50.6 Å². The molecule has 2 aromatic rings. The van der Waals surface area contributed by atoms with Crippen LogP contribution >= 0.6 is 23.5 Å². The number of nitrogens with one attached hydrogen (secondary N) is 1. The van der Waals surface area contributed by atoms with E-state index in [2.05, 4.69) is 22.7 Å². The van der Waals surface area contributed by atoms with E-state index in [4.69, 9.17) is 14.2 Å². The topological polar surface area (TPSA) is 240 Å². The molecule has 3 heterocycles. The Morgan fingerprint density at radius 1 is 0.900 bits per heavy atom. The number of hydrogen-bond donors (Lipinski definition) is 1. The molecule has 1 aromatic heterocycles. The van der Waals surface area contributed by atoms with E-state index < -0.39 is 78.8 Å². The van der Waals surface area contributed by atoms with E-state index in [1.807, 2.05) is 18.2 Å². The number of fused-ring (bicyclic) bond motifs is 1. The molecule has 0 saturated carbocycles. The summed E-state index contributed by atoms with van der Waals surface area (Å²) in [5, 5.41) is 0. The summed E-state index contributed by atoms with van der Waals surface area (Å²) >= 11 is 0. The molecule has 1 N–H and O–H groups in total. The number of H-pyrrole nitrogens is 1. The standard InChI is InChI=1S/C20H27N2O15P3/c1-2-10-31-38(25,26)36-40(29,30)37-39(27,28)32-12-14-17-18(19(33-14)22-9-8-15(23)21-20(22)24)35-16(34-17)11-13-6-4-3-5-7-13/h3-9,14,16-19H,2,10-12H2,1H3,(H,25,26)(H,27,28)(H,29,30)(H,21,23,24)/p-3/t14-,16?,17+,18?,19-/m1/s1. The SMILES string of the molecule is CCCOP(=O)([O-])OP(=O)([O-])OP(=O)([O-])OC[C@H]1O[C@@H](n2ccc(=O)[nH]c2=O)C2OC(Cc3ccccc3)O[C@H]21. The molecule has 20 heteroatoms. The van der Waals surface area contributed by atoms with Crippen LogP contribution in [0.5, 0.6) is 0 Å². The maximum Gasteiger partial charge on any atom is 0.330 e. The highest BCUT2D eigenvalue weighted by Gasteiger charge is 2.54. The van der Waals surface area contributed by atoms with Crippen LogP contribution in [0, 0.1) is 0 Å². The largest absolute Gasteiger partial charge is 0.756 e. The molecule has 4 rings (SSSR count). The van der Waals surface area contributed by atoms with E-state index in [0.717, 1.165) is 22.4 Å². The highest BCUT2D eigenvalue weighted by molar-refractivity contribution is 7.65. The zero-order valence-electron chi connectivity index (χ0n) is 20.7. The fourth-order valence-corrected chi connectivity index (χ4v) is 7.42. The molecule has 2 fully saturated rings. The maximum absolute atomic E-state index is 12.4. The molecule has 0 amide bonds. The minimum absolute atomic E-state index is 0.191. The van der Waals surface area contributed by atoms with Crippen molar-refractivity contribution in [1.82, 2.24) is 9.55 Å². The van der Waals surface area contributed by atoms with Crippen molar-refractivity contribution in [3.8, 4) is 0 Å². The van der Waals surface area contributed by atoms with Crippen LogP contribution in [0.3, 0.4) is 0 Å². The van der Waals surface area contributed by atoms with Crippen molar-refractivity contribution in [1.29, 1.82) is 0 Å². The summed E-state index contributed by atoms with van der Waals surface area (Å²) < 4.78 is 70.7. The molecule has 0 bridgehead atoms. The van der Waals surface area contributed by atoms with Gasteiger partial charge in [0.25, 0.3) is 29.0 Å². The summed E-state index contributed by atoms with van der Waals surface area (Å²) in [5.41, 5.74) is -0.665. The lowest BCUT2D eigenvalue weighted by Crippen LogP contribution is -2.36. The third-order valence-corrected chi connectivity index (χ3v) is 9.69. The Balaban J connectivity index is 1.47. The Bertz CT molecular complexity index is 1430. The molecule has 2 saturated heterocycles. The van der Waals surface area contributed by atoms with Crippen LogP contribution in [-0.4, -0.2) is 47.4 Å². The van der Waals surface area contributed by atoms with Gasteiger partial charge in [0.1, 0.15) is 18.3 Å². The van der Waals surface area contributed by atoms with Crippen molar-refractivity contribution in [3.05, 3.63) is 69.0 Å². The number of ether oxygens (including phenoxy) is 3. The van der Waals surface area contributed by atoms with Gasteiger partial charge < -0.3 is 37.9 Å². The van der Waals surface area contributed by atoms with Gasteiger partial charge in [-0.15, -0.1) is 0 Å². The average Bonchev–Trinajstić information content (AvgIpc) is 3.40. The molecule has 8 atom stereocenters. The van der Waals surface area contributed by atoms with Crippen molar-refractivity contribution >= 4 is 23.5 Å². The Labute approximate surface area is 226 Å². The van der Waals surface area contributed by atoms with Crippen LogP contribution in [0.2, 0.25) is 0 Å². The maximum atomic E-state index is 12.4. The van der Waals surface area contributed by atoms with Crippen LogP contribution in [0.1, 0.15) is 25.1 Å². The first kappa shape index (κ1) is 31.1. The lowest BCUT2D eigenvalue weighted by atomic mass is 10.1. The summed E-state index contributed by atoms with van der Waals surface area (Å²) in [7, 11) is -17.2. The zero-order chi connectivity index (χ0) is 29.1. The normalized spacial score (nSPS) is 28.9. The van der Waals surface area contributed by atoms with Crippen molar-refractivity contribution < 1.29 is 60.3 Å². The average molecular weight is 625 g/mol. The molecule has 0 radical (unpaired) electrons. The second-order valence-corrected chi connectivity index (χ2v) is 13.0. The number of benzene rings is 1. The van der Waals surface area contributed by atoms with Crippen LogP contribution < -0.4 is 25.9 Å². The number of aromatic amines is 1. The molecule has 40 heavy (non-hydrogen) atoms. The van der Waals surface area contributed by atoms with Crippen LogP contribution in [0.15, 0.2) is 52.2 Å². The minimum Gasteiger partial charge on any atom is -0.756 e. The summed E-state index contributed by atoms with van der Waals surface area (Å²) in [6, 6.07) is 10.1. The first-order valence-electron chi connectivity index (χ1n) is 11.7. The molecule has 17 nitrogen and oxygen atoms in total. The van der Waals surface area contributed by atoms with E-state index in [9.17, 15) is 38.0 Å². The van der Waals surface area contributed by atoms with E-state index in [0.29, 0.717) is 0 Å². The molecule has 222 valence electrons. The number of nitrogens with zero attached hydrogens (tertiary/aromatic N) is 1. The van der Waals surface area contributed by atoms with Gasteiger partial charge in [0, 0.05) is 18.7 Å². The fraction of sp³-hybridized carbons (Fsp3) is 0.500. The third-order valence-electron chi connectivity index (χ3n) is 5.52. The molecular weight excluding hydrogens is 601 g/mol. The zero-order valence-corrected chi connectivity index (χ0v) is 23.4. The van der Waals surface area contributed by atoms with Crippen molar-refractivity contribution in [2.75, 3.05) is 13.2 Å². The molecular formula is C20H24N2O15P3-3. The lowest BCUT2D eigenvalue weighted by Gasteiger charge is -2.34. The highest BCUT2D eigenvalue weighted by atomic mass is 31.3. The van der Waals surface area contributed by atoms with Crippen molar-refractivity contribution in [3.63, 3.8) is 0 Å². The number of phosphoric acid groups is 3.